The van der Waals surface area contributed by atoms with Crippen molar-refractivity contribution < 1.29 is 22.5 Å². The lowest BCUT2D eigenvalue weighted by molar-refractivity contribution is -0.467. The van der Waals surface area contributed by atoms with Crippen molar-refractivity contribution in [1.29, 1.82) is 0 Å². The summed E-state index contributed by atoms with van der Waals surface area (Å²) in [6.07, 6.45) is -0.436. The number of alkyl halides is 3. The third-order valence-corrected chi connectivity index (χ3v) is 6.80. The lowest BCUT2D eigenvalue weighted by atomic mass is 10.1. The van der Waals surface area contributed by atoms with Gasteiger partial charge in [-0.1, -0.05) is 12.1 Å². The van der Waals surface area contributed by atoms with E-state index >= 15 is 0 Å². The highest BCUT2D eigenvalue weighted by Crippen LogP contribution is 2.38. The van der Waals surface area contributed by atoms with Gasteiger partial charge in [-0.3, -0.25) is 10.1 Å². The Bertz CT molecular complexity index is 1120. The Morgan fingerprint density at radius 1 is 1.22 bits per heavy atom. The second-order valence-electron chi connectivity index (χ2n) is 7.59. The van der Waals surface area contributed by atoms with Crippen LogP contribution in [0.4, 0.5) is 18.9 Å². The predicted octanol–water partition coefficient (Wildman–Crippen LogP) is 4.98. The first-order valence-corrected chi connectivity index (χ1v) is 11.3. The summed E-state index contributed by atoms with van der Waals surface area (Å²) in [5.74, 6) is -0.324. The lowest BCUT2D eigenvalue weighted by Gasteiger charge is -2.25. The van der Waals surface area contributed by atoms with Crippen molar-refractivity contribution >= 4 is 32.6 Å². The van der Waals surface area contributed by atoms with Gasteiger partial charge < -0.3 is 5.32 Å². The number of amides is 1. The number of allylic oxidation sites excluding steroid dienone is 1. The molecule has 2 aliphatic rings. The first-order valence-electron chi connectivity index (χ1n) is 10.3. The highest BCUT2D eigenvalue weighted by Gasteiger charge is 2.33. The average molecular weight is 459 g/mol. The van der Waals surface area contributed by atoms with Gasteiger partial charge in [-0.15, -0.1) is 0 Å². The summed E-state index contributed by atoms with van der Waals surface area (Å²) in [5.41, 5.74) is 3.28. The molecule has 9 heteroatoms. The molecule has 2 aromatic rings. The van der Waals surface area contributed by atoms with Gasteiger partial charge >= 0.3 is 6.18 Å². The quantitative estimate of drug-likeness (QED) is 0.473. The van der Waals surface area contributed by atoms with E-state index in [1.165, 1.54) is 17.6 Å². The highest BCUT2D eigenvalue weighted by atomic mass is 31.1. The summed E-state index contributed by atoms with van der Waals surface area (Å²) in [6.45, 7) is 5.09. The zero-order valence-electron chi connectivity index (χ0n) is 17.6. The second kappa shape index (κ2) is 8.96. The molecular weight excluding hydrogens is 436 g/mol. The number of anilines is 1. The molecule has 4 rings (SSSR count). The minimum absolute atomic E-state index is 0.0168. The molecule has 2 N–H and O–H groups in total. The molecule has 0 saturated carbocycles. The van der Waals surface area contributed by atoms with Crippen LogP contribution in [-0.4, -0.2) is 35.2 Å². The normalized spacial score (nSPS) is 19.3. The first-order chi connectivity index (χ1) is 15.2. The minimum Gasteiger partial charge on any atom is -0.322 e. The van der Waals surface area contributed by atoms with Gasteiger partial charge in [-0.25, -0.2) is 4.99 Å². The molecule has 0 bridgehead atoms. The van der Waals surface area contributed by atoms with Gasteiger partial charge in [0.2, 0.25) is 11.7 Å². The molecule has 0 aliphatic carbocycles. The molecule has 0 radical (unpaired) electrons. The van der Waals surface area contributed by atoms with E-state index in [0.717, 1.165) is 29.9 Å². The number of aliphatic imine (C=N–C) groups is 1. The Kier molecular flexibility index (Phi) is 6.26. The van der Waals surface area contributed by atoms with Crippen LogP contribution in [0, 0.1) is 0 Å². The fraction of sp³-hybridized carbons (Fsp3) is 0.261. The first kappa shape index (κ1) is 22.4. The molecule has 0 fully saturated rings. The average Bonchev–Trinajstić information content (AvgIpc) is 2.75. The largest absolute Gasteiger partial charge is 0.416 e. The van der Waals surface area contributed by atoms with Gasteiger partial charge in [0.1, 0.15) is 6.54 Å². The fourth-order valence-electron chi connectivity index (χ4n) is 3.54. The zero-order valence-corrected chi connectivity index (χ0v) is 18.6. The maximum Gasteiger partial charge on any atom is 0.416 e. The summed E-state index contributed by atoms with van der Waals surface area (Å²) >= 11 is 0. The summed E-state index contributed by atoms with van der Waals surface area (Å²) in [7, 11) is 0.592. The van der Waals surface area contributed by atoms with Crippen LogP contribution in [0.2, 0.25) is 0 Å². The molecule has 166 valence electrons. The van der Waals surface area contributed by atoms with Gasteiger partial charge in [0.25, 0.3) is 5.91 Å². The maximum absolute atomic E-state index is 12.7. The van der Waals surface area contributed by atoms with E-state index in [-0.39, 0.29) is 17.4 Å². The van der Waals surface area contributed by atoms with E-state index in [0.29, 0.717) is 14.3 Å². The van der Waals surface area contributed by atoms with Crippen molar-refractivity contribution in [2.45, 2.75) is 31.8 Å². The molecule has 3 atom stereocenters. The molecular formula is C23H23F3N4OP+. The number of hydrogen-bond acceptors (Lipinski definition) is 3. The smallest absolute Gasteiger partial charge is 0.322 e. The lowest BCUT2D eigenvalue weighted by Crippen LogP contribution is -2.34. The number of hydrogen-bond donors (Lipinski definition) is 2. The number of halogens is 3. The molecule has 0 aromatic heterocycles. The topological polar surface area (TPSA) is 56.5 Å². The van der Waals surface area contributed by atoms with E-state index in [4.69, 9.17) is 0 Å². The van der Waals surface area contributed by atoms with Crippen LogP contribution in [-0.2, 0) is 6.18 Å². The van der Waals surface area contributed by atoms with Crippen LogP contribution < -0.4 is 10.6 Å². The van der Waals surface area contributed by atoms with Crippen LogP contribution in [0.15, 0.2) is 64.7 Å². The Morgan fingerprint density at radius 3 is 2.66 bits per heavy atom. The van der Waals surface area contributed by atoms with E-state index in [1.54, 1.807) is 6.07 Å². The molecule has 5 nitrogen and oxygen atoms in total. The van der Waals surface area contributed by atoms with Crippen LogP contribution in [0.25, 0.3) is 0 Å². The number of benzene rings is 2. The molecule has 2 aromatic carbocycles. The highest BCUT2D eigenvalue weighted by molar-refractivity contribution is 7.44. The number of carbonyl (C=O) groups excluding carboxylic acids is 1. The Hall–Kier alpha value is -2.83. The van der Waals surface area contributed by atoms with Gasteiger partial charge in [0, 0.05) is 32.1 Å². The molecule has 2 aliphatic heterocycles. The van der Waals surface area contributed by atoms with Crippen LogP contribution >= 0.6 is 8.58 Å². The zero-order chi connectivity index (χ0) is 22.9. The molecule has 32 heavy (non-hydrogen) atoms. The summed E-state index contributed by atoms with van der Waals surface area (Å²) in [6, 6.07) is 11.6. The standard InChI is InChI=1S/C23H22F3N4OP/c1-3-30-13-19-22(30)32-20(12-27-19)28-14(2)16-5-4-6-18(11-16)29-21(31)15-7-9-17(10-8-15)23(24,25)26/h4-14,20,28,32H,3H2,1-2H3/p+1. The van der Waals surface area contributed by atoms with Gasteiger partial charge in [-0.05, 0) is 55.8 Å². The Morgan fingerprint density at radius 2 is 1.97 bits per heavy atom. The molecule has 2 heterocycles. The second-order valence-corrected chi connectivity index (χ2v) is 8.98. The van der Waals surface area contributed by atoms with Crippen molar-refractivity contribution in [3.05, 3.63) is 76.4 Å². The van der Waals surface area contributed by atoms with Gasteiger partial charge in [0.05, 0.1) is 11.3 Å². The summed E-state index contributed by atoms with van der Waals surface area (Å²) in [4.78, 5) is 17.0. The molecule has 0 spiro atoms. The number of carbonyl (C=O) groups is 1. The summed E-state index contributed by atoms with van der Waals surface area (Å²) in [5, 5.41) is 6.33. The third-order valence-electron chi connectivity index (χ3n) is 5.35. The third kappa shape index (κ3) is 4.81. The number of rotatable bonds is 6. The maximum atomic E-state index is 12.7. The van der Waals surface area contributed by atoms with E-state index < -0.39 is 17.6 Å². The van der Waals surface area contributed by atoms with Crippen molar-refractivity contribution in [1.82, 2.24) is 5.32 Å². The molecule has 3 unspecified atom stereocenters. The van der Waals surface area contributed by atoms with Crippen molar-refractivity contribution in [2.75, 3.05) is 11.9 Å². The van der Waals surface area contributed by atoms with Crippen molar-refractivity contribution in [3.63, 3.8) is 0 Å². The van der Waals surface area contributed by atoms with Gasteiger partial charge in [0.15, 0.2) is 5.70 Å². The molecule has 1 amide bonds. The van der Waals surface area contributed by atoms with Crippen LogP contribution in [0.3, 0.4) is 0 Å². The predicted molar refractivity (Wildman–Crippen MR) is 122 cm³/mol. The van der Waals surface area contributed by atoms with Gasteiger partial charge in [-0.2, -0.15) is 17.7 Å². The SMILES string of the molecule is CC[N+]1=CC2=C1PC(NC(C)c1cccc(NC(=O)c3ccc(C(F)(F)F)cc3)c1)C=N2. The number of nitrogens with zero attached hydrogens (tertiary/aromatic N) is 2. The van der Waals surface area contributed by atoms with E-state index in [9.17, 15) is 18.0 Å². The van der Waals surface area contributed by atoms with E-state index in [2.05, 4.69) is 33.3 Å². The van der Waals surface area contributed by atoms with Crippen LogP contribution in [0.1, 0.15) is 41.4 Å². The fourth-order valence-corrected chi connectivity index (χ4v) is 4.99. The Labute approximate surface area is 185 Å². The molecule has 0 saturated heterocycles. The van der Waals surface area contributed by atoms with Crippen molar-refractivity contribution in [2.24, 2.45) is 4.99 Å². The minimum atomic E-state index is -4.43. The Balaban J connectivity index is 1.38. The summed E-state index contributed by atoms with van der Waals surface area (Å²) < 4.78 is 40.4. The van der Waals surface area contributed by atoms with Crippen molar-refractivity contribution in [3.8, 4) is 0 Å². The van der Waals surface area contributed by atoms with Crippen LogP contribution in [0.5, 0.6) is 0 Å². The number of nitrogens with one attached hydrogen (secondary N) is 2. The monoisotopic (exact) mass is 459 g/mol. The van der Waals surface area contributed by atoms with E-state index in [1.807, 2.05) is 31.3 Å².